The number of amides is 2. The van der Waals surface area contributed by atoms with E-state index in [9.17, 15) is 9.59 Å². The molecule has 0 aromatic heterocycles. The first-order valence-corrected chi connectivity index (χ1v) is 7.06. The summed E-state index contributed by atoms with van der Waals surface area (Å²) < 4.78 is 0. The monoisotopic (exact) mass is 277 g/mol. The first-order chi connectivity index (χ1) is 9.19. The van der Waals surface area contributed by atoms with Crippen LogP contribution in [0.15, 0.2) is 29.3 Å². The van der Waals surface area contributed by atoms with E-state index >= 15 is 0 Å². The highest BCUT2D eigenvalue weighted by Crippen LogP contribution is 2.13. The van der Waals surface area contributed by atoms with Crippen LogP contribution >= 0.6 is 11.8 Å². The van der Waals surface area contributed by atoms with Crippen LogP contribution in [0, 0.1) is 0 Å². The standard InChI is InChI=1S/C13H15N3O2S/c1-2-11(17)15-10-5-3-4-9(8-10)12(18)16-13-14-6-7-19-13/h3-5,8H,2,6-7H2,1H3,(H,15,17)(H,14,16,18). The minimum absolute atomic E-state index is 0.0757. The summed E-state index contributed by atoms with van der Waals surface area (Å²) in [5.41, 5.74) is 1.13. The van der Waals surface area contributed by atoms with Gasteiger partial charge >= 0.3 is 0 Å². The predicted octanol–water partition coefficient (Wildman–Crippen LogP) is 1.87. The van der Waals surface area contributed by atoms with Gasteiger partial charge in [0, 0.05) is 23.4 Å². The lowest BCUT2D eigenvalue weighted by Gasteiger charge is -2.07. The molecule has 2 rings (SSSR count). The van der Waals surface area contributed by atoms with Crippen LogP contribution in [0.5, 0.6) is 0 Å². The van der Waals surface area contributed by atoms with E-state index in [4.69, 9.17) is 0 Å². The van der Waals surface area contributed by atoms with Crippen LogP contribution in [0.2, 0.25) is 0 Å². The molecule has 1 heterocycles. The Labute approximate surface area is 115 Å². The number of nitrogens with zero attached hydrogens (tertiary/aromatic N) is 1. The summed E-state index contributed by atoms with van der Waals surface area (Å²) >= 11 is 1.53. The third-order valence-electron chi connectivity index (χ3n) is 2.54. The molecule has 0 atom stereocenters. The summed E-state index contributed by atoms with van der Waals surface area (Å²) in [5.74, 6) is 0.622. The minimum atomic E-state index is -0.208. The lowest BCUT2D eigenvalue weighted by molar-refractivity contribution is -0.115. The van der Waals surface area contributed by atoms with Crippen LogP contribution in [0.3, 0.4) is 0 Å². The van der Waals surface area contributed by atoms with Gasteiger partial charge in [0.15, 0.2) is 5.17 Å². The SMILES string of the molecule is CCC(=O)Nc1cccc(C(=O)NC2=NCCS2)c1. The third kappa shape index (κ3) is 3.82. The predicted molar refractivity (Wildman–Crippen MR) is 77.6 cm³/mol. The molecule has 0 spiro atoms. The van der Waals surface area contributed by atoms with Gasteiger partial charge in [0.25, 0.3) is 5.91 Å². The van der Waals surface area contributed by atoms with Crippen molar-refractivity contribution in [3.63, 3.8) is 0 Å². The maximum Gasteiger partial charge on any atom is 0.257 e. The van der Waals surface area contributed by atoms with Gasteiger partial charge in [-0.1, -0.05) is 24.8 Å². The minimum Gasteiger partial charge on any atom is -0.326 e. The van der Waals surface area contributed by atoms with Crippen LogP contribution in [0.4, 0.5) is 5.69 Å². The van der Waals surface area contributed by atoms with Gasteiger partial charge in [0.1, 0.15) is 0 Å². The second-order valence-corrected chi connectivity index (χ2v) is 5.06. The van der Waals surface area contributed by atoms with Gasteiger partial charge in [-0.15, -0.1) is 0 Å². The summed E-state index contributed by atoms with van der Waals surface area (Å²) in [6, 6.07) is 6.86. The van der Waals surface area contributed by atoms with Crippen LogP contribution in [0.1, 0.15) is 23.7 Å². The molecule has 0 unspecified atom stereocenters. The van der Waals surface area contributed by atoms with Gasteiger partial charge in [-0.2, -0.15) is 0 Å². The van der Waals surface area contributed by atoms with E-state index in [1.807, 2.05) is 0 Å². The molecule has 1 aromatic carbocycles. The molecule has 0 fully saturated rings. The van der Waals surface area contributed by atoms with E-state index < -0.39 is 0 Å². The van der Waals surface area contributed by atoms with Gasteiger partial charge < -0.3 is 10.6 Å². The molecular weight excluding hydrogens is 262 g/mol. The highest BCUT2D eigenvalue weighted by Gasteiger charge is 2.13. The topological polar surface area (TPSA) is 70.6 Å². The highest BCUT2D eigenvalue weighted by atomic mass is 32.2. The molecule has 0 aliphatic carbocycles. The Bertz CT molecular complexity index is 528. The number of anilines is 1. The molecular formula is C13H15N3O2S. The smallest absolute Gasteiger partial charge is 0.257 e. The Morgan fingerprint density at radius 1 is 1.37 bits per heavy atom. The fourth-order valence-corrected chi connectivity index (χ4v) is 2.29. The number of hydrogen-bond acceptors (Lipinski definition) is 4. The maximum atomic E-state index is 12.0. The van der Waals surface area contributed by atoms with Gasteiger partial charge in [0.2, 0.25) is 5.91 Å². The summed E-state index contributed by atoms with van der Waals surface area (Å²) in [6.45, 7) is 2.52. The van der Waals surface area contributed by atoms with Gasteiger partial charge in [-0.05, 0) is 18.2 Å². The van der Waals surface area contributed by atoms with E-state index in [-0.39, 0.29) is 11.8 Å². The Morgan fingerprint density at radius 3 is 2.89 bits per heavy atom. The Kier molecular flexibility index (Phi) is 4.57. The second kappa shape index (κ2) is 6.38. The van der Waals surface area contributed by atoms with E-state index in [1.54, 1.807) is 31.2 Å². The highest BCUT2D eigenvalue weighted by molar-refractivity contribution is 8.14. The lowest BCUT2D eigenvalue weighted by atomic mass is 10.2. The fourth-order valence-electron chi connectivity index (χ4n) is 1.57. The summed E-state index contributed by atoms with van der Waals surface area (Å²) in [7, 11) is 0. The molecule has 0 radical (unpaired) electrons. The lowest BCUT2D eigenvalue weighted by Crippen LogP contribution is -2.27. The first-order valence-electron chi connectivity index (χ1n) is 6.07. The molecule has 0 bridgehead atoms. The van der Waals surface area contributed by atoms with Crippen molar-refractivity contribution in [2.45, 2.75) is 13.3 Å². The Balaban J connectivity index is 2.05. The van der Waals surface area contributed by atoms with Crippen molar-refractivity contribution in [3.8, 4) is 0 Å². The number of rotatable bonds is 3. The quantitative estimate of drug-likeness (QED) is 0.886. The van der Waals surface area contributed by atoms with Crippen molar-refractivity contribution < 1.29 is 9.59 Å². The van der Waals surface area contributed by atoms with Gasteiger partial charge in [-0.3, -0.25) is 14.6 Å². The number of nitrogens with one attached hydrogen (secondary N) is 2. The first kappa shape index (κ1) is 13.6. The molecule has 0 saturated heterocycles. The Hall–Kier alpha value is -1.82. The van der Waals surface area contributed by atoms with Crippen LogP contribution in [0.25, 0.3) is 0 Å². The van der Waals surface area contributed by atoms with Crippen LogP contribution in [-0.2, 0) is 4.79 Å². The number of carbonyl (C=O) groups is 2. The molecule has 100 valence electrons. The summed E-state index contributed by atoms with van der Waals surface area (Å²) in [4.78, 5) is 27.5. The number of carbonyl (C=O) groups excluding carboxylic acids is 2. The maximum absolute atomic E-state index is 12.0. The largest absolute Gasteiger partial charge is 0.326 e. The summed E-state index contributed by atoms with van der Waals surface area (Å²) in [5, 5.41) is 6.14. The van der Waals surface area contributed by atoms with E-state index in [0.717, 1.165) is 12.3 Å². The molecule has 0 saturated carbocycles. The Morgan fingerprint density at radius 2 is 2.21 bits per heavy atom. The zero-order chi connectivity index (χ0) is 13.7. The normalized spacial score (nSPS) is 13.8. The molecule has 1 aromatic rings. The number of benzene rings is 1. The molecule has 5 nitrogen and oxygen atoms in total. The number of hydrogen-bond donors (Lipinski definition) is 2. The number of aliphatic imine (C=N–C) groups is 1. The number of thioether (sulfide) groups is 1. The second-order valence-electron chi connectivity index (χ2n) is 3.97. The molecule has 1 aliphatic rings. The van der Waals surface area contributed by atoms with Gasteiger partial charge in [0.05, 0.1) is 6.54 Å². The van der Waals surface area contributed by atoms with E-state index in [2.05, 4.69) is 15.6 Å². The third-order valence-corrected chi connectivity index (χ3v) is 3.43. The van der Waals surface area contributed by atoms with Crippen LogP contribution in [-0.4, -0.2) is 29.3 Å². The summed E-state index contributed by atoms with van der Waals surface area (Å²) in [6.07, 6.45) is 0.407. The van der Waals surface area contributed by atoms with Crippen molar-refractivity contribution >= 4 is 34.4 Å². The fraction of sp³-hybridized carbons (Fsp3) is 0.308. The zero-order valence-electron chi connectivity index (χ0n) is 10.6. The van der Waals surface area contributed by atoms with Crippen molar-refractivity contribution in [3.05, 3.63) is 29.8 Å². The molecule has 2 amide bonds. The van der Waals surface area contributed by atoms with Crippen LogP contribution < -0.4 is 10.6 Å². The average molecular weight is 277 g/mol. The zero-order valence-corrected chi connectivity index (χ0v) is 11.4. The molecule has 2 N–H and O–H groups in total. The molecule has 1 aliphatic heterocycles. The average Bonchev–Trinajstić information content (AvgIpc) is 2.91. The van der Waals surface area contributed by atoms with E-state index in [1.165, 1.54) is 11.8 Å². The van der Waals surface area contributed by atoms with Gasteiger partial charge in [-0.25, -0.2) is 0 Å². The number of amidine groups is 1. The van der Waals surface area contributed by atoms with Crippen molar-refractivity contribution in [2.75, 3.05) is 17.6 Å². The van der Waals surface area contributed by atoms with E-state index in [0.29, 0.717) is 22.8 Å². The van der Waals surface area contributed by atoms with Crippen molar-refractivity contribution in [1.82, 2.24) is 5.32 Å². The molecule has 6 heteroatoms. The molecule has 19 heavy (non-hydrogen) atoms. The van der Waals surface area contributed by atoms with Crippen molar-refractivity contribution in [1.29, 1.82) is 0 Å². The van der Waals surface area contributed by atoms with Crippen molar-refractivity contribution in [2.24, 2.45) is 4.99 Å².